The molecular formula is C17H18O4. The van der Waals surface area contributed by atoms with Crippen molar-refractivity contribution < 1.29 is 19.4 Å². The van der Waals surface area contributed by atoms with Gasteiger partial charge < -0.3 is 14.6 Å². The summed E-state index contributed by atoms with van der Waals surface area (Å²) < 4.78 is 11.1. The molecule has 0 spiro atoms. The first-order valence-corrected chi connectivity index (χ1v) is 6.87. The summed E-state index contributed by atoms with van der Waals surface area (Å²) in [7, 11) is 0. The van der Waals surface area contributed by atoms with E-state index in [4.69, 9.17) is 14.6 Å². The molecule has 0 saturated carbocycles. The van der Waals surface area contributed by atoms with Gasteiger partial charge in [-0.25, -0.2) is 4.79 Å². The Labute approximate surface area is 123 Å². The van der Waals surface area contributed by atoms with Gasteiger partial charge in [-0.1, -0.05) is 31.2 Å². The lowest BCUT2D eigenvalue weighted by Gasteiger charge is -2.10. The summed E-state index contributed by atoms with van der Waals surface area (Å²) in [5.41, 5.74) is 1.37. The molecule has 2 rings (SSSR count). The fourth-order valence-electron chi connectivity index (χ4n) is 1.94. The van der Waals surface area contributed by atoms with Gasteiger partial charge in [-0.15, -0.1) is 0 Å². The zero-order valence-electron chi connectivity index (χ0n) is 11.9. The maximum Gasteiger partial charge on any atom is 0.339 e. The van der Waals surface area contributed by atoms with Crippen molar-refractivity contribution in [3.05, 3.63) is 59.7 Å². The van der Waals surface area contributed by atoms with Crippen molar-refractivity contribution in [1.29, 1.82) is 0 Å². The molecule has 4 heteroatoms. The molecule has 0 aromatic heterocycles. The lowest BCUT2D eigenvalue weighted by molar-refractivity contribution is 0.0691. The molecule has 0 unspecified atom stereocenters. The lowest BCUT2D eigenvalue weighted by atomic mass is 10.2. The van der Waals surface area contributed by atoms with Gasteiger partial charge in [0.05, 0.1) is 0 Å². The number of ether oxygens (including phenoxy) is 2. The molecule has 4 nitrogen and oxygen atoms in total. The topological polar surface area (TPSA) is 55.8 Å². The van der Waals surface area contributed by atoms with Gasteiger partial charge in [0, 0.05) is 0 Å². The summed E-state index contributed by atoms with van der Waals surface area (Å²) in [5, 5.41) is 9.05. The van der Waals surface area contributed by atoms with E-state index in [1.807, 2.05) is 24.3 Å². The number of carboxylic acid groups (broad SMARTS) is 1. The summed E-state index contributed by atoms with van der Waals surface area (Å²) in [5.74, 6) is 0.155. The summed E-state index contributed by atoms with van der Waals surface area (Å²) in [6.07, 6.45) is 0.958. The Morgan fingerprint density at radius 1 is 1.05 bits per heavy atom. The van der Waals surface area contributed by atoms with Crippen LogP contribution in [0.5, 0.6) is 11.5 Å². The molecule has 0 aliphatic carbocycles. The monoisotopic (exact) mass is 286 g/mol. The van der Waals surface area contributed by atoms with E-state index in [0.717, 1.165) is 12.2 Å². The molecule has 2 aromatic carbocycles. The average molecular weight is 286 g/mol. The van der Waals surface area contributed by atoms with Gasteiger partial charge in [0.1, 0.15) is 30.3 Å². The molecule has 0 aliphatic heterocycles. The van der Waals surface area contributed by atoms with Crippen LogP contribution in [0.4, 0.5) is 0 Å². The third kappa shape index (κ3) is 4.24. The maximum atomic E-state index is 11.0. The lowest BCUT2D eigenvalue weighted by Crippen LogP contribution is -2.11. The Morgan fingerprint density at radius 2 is 1.81 bits per heavy atom. The Bertz CT molecular complexity index is 607. The molecule has 0 atom stereocenters. The Hall–Kier alpha value is -2.49. The summed E-state index contributed by atoms with van der Waals surface area (Å²) in [6, 6.07) is 14.5. The first-order chi connectivity index (χ1) is 10.2. The third-order valence-electron chi connectivity index (χ3n) is 3.03. The van der Waals surface area contributed by atoms with Crippen LogP contribution in [0.25, 0.3) is 0 Å². The average Bonchev–Trinajstić information content (AvgIpc) is 2.52. The van der Waals surface area contributed by atoms with Crippen LogP contribution in [0, 0.1) is 0 Å². The van der Waals surface area contributed by atoms with Crippen molar-refractivity contribution in [2.75, 3.05) is 13.2 Å². The number of hydrogen-bond acceptors (Lipinski definition) is 3. The largest absolute Gasteiger partial charge is 0.490 e. The predicted molar refractivity (Wildman–Crippen MR) is 80.2 cm³/mol. The number of hydrogen-bond donors (Lipinski definition) is 1. The minimum Gasteiger partial charge on any atom is -0.490 e. The fraction of sp³-hybridized carbons (Fsp3) is 0.235. The molecule has 0 aliphatic rings. The van der Waals surface area contributed by atoms with Gasteiger partial charge in [0.2, 0.25) is 0 Å². The Morgan fingerprint density at radius 3 is 2.57 bits per heavy atom. The van der Waals surface area contributed by atoms with Crippen molar-refractivity contribution in [3.63, 3.8) is 0 Å². The number of aryl methyl sites for hydroxylation is 1. The number of para-hydroxylation sites is 1. The molecule has 2 aromatic rings. The molecule has 0 bridgehead atoms. The van der Waals surface area contributed by atoms with Crippen molar-refractivity contribution in [2.24, 2.45) is 0 Å². The van der Waals surface area contributed by atoms with Gasteiger partial charge in [-0.05, 0) is 36.2 Å². The van der Waals surface area contributed by atoms with Crippen molar-refractivity contribution in [3.8, 4) is 11.5 Å². The van der Waals surface area contributed by atoms with Crippen LogP contribution in [0.15, 0.2) is 48.5 Å². The molecule has 110 valence electrons. The third-order valence-corrected chi connectivity index (χ3v) is 3.03. The normalized spacial score (nSPS) is 10.1. The number of benzene rings is 2. The van der Waals surface area contributed by atoms with Crippen molar-refractivity contribution in [1.82, 2.24) is 0 Å². The zero-order chi connectivity index (χ0) is 15.1. The van der Waals surface area contributed by atoms with Crippen LogP contribution in [0.3, 0.4) is 0 Å². The van der Waals surface area contributed by atoms with E-state index in [1.54, 1.807) is 18.2 Å². The van der Waals surface area contributed by atoms with Crippen LogP contribution >= 0.6 is 0 Å². The van der Waals surface area contributed by atoms with Gasteiger partial charge >= 0.3 is 5.97 Å². The first-order valence-electron chi connectivity index (χ1n) is 6.87. The van der Waals surface area contributed by atoms with Crippen molar-refractivity contribution in [2.45, 2.75) is 13.3 Å². The highest BCUT2D eigenvalue weighted by Crippen LogP contribution is 2.18. The van der Waals surface area contributed by atoms with E-state index in [1.165, 1.54) is 11.6 Å². The van der Waals surface area contributed by atoms with Crippen LogP contribution in [-0.4, -0.2) is 24.3 Å². The van der Waals surface area contributed by atoms with E-state index in [0.29, 0.717) is 19.0 Å². The second-order valence-electron chi connectivity index (χ2n) is 4.50. The van der Waals surface area contributed by atoms with Gasteiger partial charge in [-0.3, -0.25) is 0 Å². The van der Waals surface area contributed by atoms with E-state index in [2.05, 4.69) is 6.92 Å². The van der Waals surface area contributed by atoms with Crippen LogP contribution in [-0.2, 0) is 6.42 Å². The summed E-state index contributed by atoms with van der Waals surface area (Å²) >= 11 is 0. The molecule has 1 N–H and O–H groups in total. The molecule has 0 heterocycles. The highest BCUT2D eigenvalue weighted by atomic mass is 16.5. The van der Waals surface area contributed by atoms with Crippen LogP contribution in [0.2, 0.25) is 0 Å². The quantitative estimate of drug-likeness (QED) is 0.792. The molecule has 0 amide bonds. The molecule has 0 radical (unpaired) electrons. The highest BCUT2D eigenvalue weighted by Gasteiger charge is 2.09. The minimum absolute atomic E-state index is 0.158. The number of aromatic carboxylic acids is 1. The first kappa shape index (κ1) is 14.9. The standard InChI is InChI=1S/C17H18O4/c1-2-13-6-5-7-14(12-13)20-10-11-21-16-9-4-3-8-15(16)17(18)19/h3-9,12H,2,10-11H2,1H3,(H,18,19). The highest BCUT2D eigenvalue weighted by molar-refractivity contribution is 5.90. The number of rotatable bonds is 7. The van der Waals surface area contributed by atoms with E-state index >= 15 is 0 Å². The van der Waals surface area contributed by atoms with Crippen LogP contribution in [0.1, 0.15) is 22.8 Å². The molecule has 0 fully saturated rings. The van der Waals surface area contributed by atoms with E-state index < -0.39 is 5.97 Å². The maximum absolute atomic E-state index is 11.0. The molecule has 21 heavy (non-hydrogen) atoms. The number of carbonyl (C=O) groups is 1. The predicted octanol–water partition coefficient (Wildman–Crippen LogP) is 3.41. The van der Waals surface area contributed by atoms with Crippen molar-refractivity contribution >= 4 is 5.97 Å². The van der Waals surface area contributed by atoms with Gasteiger partial charge in [0.15, 0.2) is 0 Å². The fourth-order valence-corrected chi connectivity index (χ4v) is 1.94. The van der Waals surface area contributed by atoms with Gasteiger partial charge in [-0.2, -0.15) is 0 Å². The van der Waals surface area contributed by atoms with E-state index in [9.17, 15) is 4.79 Å². The molecule has 0 saturated heterocycles. The second-order valence-corrected chi connectivity index (χ2v) is 4.50. The minimum atomic E-state index is -0.998. The van der Waals surface area contributed by atoms with Gasteiger partial charge in [0.25, 0.3) is 0 Å². The SMILES string of the molecule is CCc1cccc(OCCOc2ccccc2C(=O)O)c1. The Kier molecular flexibility index (Phi) is 5.21. The Balaban J connectivity index is 1.86. The zero-order valence-corrected chi connectivity index (χ0v) is 11.9. The molecular weight excluding hydrogens is 268 g/mol. The summed E-state index contributed by atoms with van der Waals surface area (Å²) in [4.78, 5) is 11.0. The smallest absolute Gasteiger partial charge is 0.339 e. The van der Waals surface area contributed by atoms with E-state index in [-0.39, 0.29) is 5.56 Å². The van der Waals surface area contributed by atoms with Crippen LogP contribution < -0.4 is 9.47 Å². The summed E-state index contributed by atoms with van der Waals surface area (Å²) in [6.45, 7) is 2.74. The number of carboxylic acids is 1. The second kappa shape index (κ2) is 7.33.